The summed E-state index contributed by atoms with van der Waals surface area (Å²) in [6.07, 6.45) is 11.9. The Bertz CT molecular complexity index is 539. The fourth-order valence-electron chi connectivity index (χ4n) is 4.82. The standard InChI is InChI=1S/C21H36O2Si/c1-16(10-8-14-20(2,3)23-24(5,6)7)17-12-13-18-19(22)11-9-15-21(17,18)4/h8,12,14,16,18H,9-11,13,15H2,1-7H3/b14-8-/t16-,18?,21+/m0/s1. The van der Waals surface area contributed by atoms with Gasteiger partial charge in [-0.25, -0.2) is 0 Å². The first-order valence-corrected chi connectivity index (χ1v) is 13.0. The van der Waals surface area contributed by atoms with Crippen molar-refractivity contribution in [2.75, 3.05) is 0 Å². The molecule has 0 spiro atoms. The quantitative estimate of drug-likeness (QED) is 0.441. The number of hydrogen-bond donors (Lipinski definition) is 0. The summed E-state index contributed by atoms with van der Waals surface area (Å²) >= 11 is 0. The van der Waals surface area contributed by atoms with Crippen molar-refractivity contribution in [3.05, 3.63) is 23.8 Å². The van der Waals surface area contributed by atoms with Gasteiger partial charge >= 0.3 is 0 Å². The monoisotopic (exact) mass is 348 g/mol. The summed E-state index contributed by atoms with van der Waals surface area (Å²) in [5.41, 5.74) is 1.45. The zero-order valence-electron chi connectivity index (χ0n) is 16.7. The third-order valence-corrected chi connectivity index (χ3v) is 6.76. The van der Waals surface area contributed by atoms with Crippen LogP contribution in [0.25, 0.3) is 0 Å². The maximum atomic E-state index is 12.3. The molecule has 3 heteroatoms. The molecule has 0 aromatic heterocycles. The van der Waals surface area contributed by atoms with Crippen LogP contribution in [0.2, 0.25) is 19.6 Å². The van der Waals surface area contributed by atoms with Crippen molar-refractivity contribution in [2.45, 2.75) is 85.0 Å². The summed E-state index contributed by atoms with van der Waals surface area (Å²) in [4.78, 5) is 12.3. The van der Waals surface area contributed by atoms with Gasteiger partial charge in [0, 0.05) is 12.3 Å². The summed E-state index contributed by atoms with van der Waals surface area (Å²) in [6, 6.07) is 0. The molecule has 0 bridgehead atoms. The third kappa shape index (κ3) is 4.48. The van der Waals surface area contributed by atoms with Crippen LogP contribution in [0.4, 0.5) is 0 Å². The van der Waals surface area contributed by atoms with E-state index in [4.69, 9.17) is 4.43 Å². The Morgan fingerprint density at radius 1 is 1.42 bits per heavy atom. The maximum absolute atomic E-state index is 12.3. The van der Waals surface area contributed by atoms with Crippen LogP contribution in [-0.2, 0) is 9.22 Å². The number of carbonyl (C=O) groups excluding carboxylic acids is 1. The number of hydrogen-bond acceptors (Lipinski definition) is 2. The number of carbonyl (C=O) groups is 1. The topological polar surface area (TPSA) is 26.3 Å². The van der Waals surface area contributed by atoms with Crippen LogP contribution in [-0.4, -0.2) is 19.7 Å². The molecule has 3 atom stereocenters. The Kier molecular flexibility index (Phi) is 5.66. The van der Waals surface area contributed by atoms with Crippen molar-refractivity contribution >= 4 is 14.1 Å². The zero-order chi connectivity index (χ0) is 18.2. The van der Waals surface area contributed by atoms with Gasteiger partial charge in [-0.3, -0.25) is 4.79 Å². The maximum Gasteiger partial charge on any atom is 0.184 e. The van der Waals surface area contributed by atoms with Gasteiger partial charge in [-0.15, -0.1) is 0 Å². The van der Waals surface area contributed by atoms with Gasteiger partial charge in [0.25, 0.3) is 0 Å². The van der Waals surface area contributed by atoms with Gasteiger partial charge in [-0.1, -0.05) is 37.6 Å². The normalized spacial score (nSPS) is 29.7. The average molecular weight is 349 g/mol. The highest BCUT2D eigenvalue weighted by Gasteiger charge is 2.47. The van der Waals surface area contributed by atoms with E-state index in [2.05, 4.69) is 65.6 Å². The lowest BCUT2D eigenvalue weighted by Crippen LogP contribution is -2.37. The molecule has 0 aromatic rings. The zero-order valence-corrected chi connectivity index (χ0v) is 17.7. The Hall–Kier alpha value is -0.673. The molecule has 1 fully saturated rings. The van der Waals surface area contributed by atoms with Crippen molar-refractivity contribution in [3.8, 4) is 0 Å². The molecule has 0 radical (unpaired) electrons. The Balaban J connectivity index is 1.99. The highest BCUT2D eigenvalue weighted by atomic mass is 28.4. The number of rotatable bonds is 6. The molecule has 2 aliphatic carbocycles. The first kappa shape index (κ1) is 19.6. The van der Waals surface area contributed by atoms with Gasteiger partial charge in [0.15, 0.2) is 8.32 Å². The van der Waals surface area contributed by atoms with E-state index in [-0.39, 0.29) is 16.9 Å². The van der Waals surface area contributed by atoms with E-state index in [0.29, 0.717) is 11.7 Å². The summed E-state index contributed by atoms with van der Waals surface area (Å²) in [5, 5.41) is 0. The molecule has 0 N–H and O–H groups in total. The van der Waals surface area contributed by atoms with Crippen LogP contribution in [0.1, 0.15) is 59.8 Å². The molecule has 136 valence electrons. The van der Waals surface area contributed by atoms with Crippen LogP contribution in [0.3, 0.4) is 0 Å². The van der Waals surface area contributed by atoms with Gasteiger partial charge in [0.1, 0.15) is 5.78 Å². The molecule has 2 aliphatic rings. The third-order valence-electron chi connectivity index (χ3n) is 5.62. The van der Waals surface area contributed by atoms with Crippen molar-refractivity contribution in [2.24, 2.45) is 17.3 Å². The fraction of sp³-hybridized carbons (Fsp3) is 0.762. The molecule has 0 aromatic carbocycles. The minimum absolute atomic E-state index is 0.118. The van der Waals surface area contributed by atoms with Gasteiger partial charge in [-0.2, -0.15) is 0 Å². The second-order valence-electron chi connectivity index (χ2n) is 9.54. The van der Waals surface area contributed by atoms with Crippen molar-refractivity contribution in [1.29, 1.82) is 0 Å². The molecule has 0 amide bonds. The molecule has 0 saturated heterocycles. The molecule has 24 heavy (non-hydrogen) atoms. The summed E-state index contributed by atoms with van der Waals surface area (Å²) in [5.74, 6) is 1.24. The summed E-state index contributed by atoms with van der Waals surface area (Å²) < 4.78 is 6.25. The van der Waals surface area contributed by atoms with Crippen LogP contribution in [0.15, 0.2) is 23.8 Å². The number of ketones is 1. The second-order valence-corrected chi connectivity index (χ2v) is 14.0. The van der Waals surface area contributed by atoms with Crippen LogP contribution < -0.4 is 0 Å². The van der Waals surface area contributed by atoms with Crippen LogP contribution >= 0.6 is 0 Å². The first-order valence-electron chi connectivity index (χ1n) is 9.56. The summed E-state index contributed by atoms with van der Waals surface area (Å²) in [7, 11) is -1.54. The van der Waals surface area contributed by atoms with Crippen molar-refractivity contribution < 1.29 is 9.22 Å². The largest absolute Gasteiger partial charge is 0.409 e. The second kappa shape index (κ2) is 6.91. The minimum Gasteiger partial charge on any atom is -0.409 e. The highest BCUT2D eigenvalue weighted by molar-refractivity contribution is 6.69. The van der Waals surface area contributed by atoms with Crippen molar-refractivity contribution in [3.63, 3.8) is 0 Å². The van der Waals surface area contributed by atoms with E-state index in [9.17, 15) is 4.79 Å². The molecular formula is C21H36O2Si. The van der Waals surface area contributed by atoms with E-state index in [1.165, 1.54) is 12.0 Å². The summed E-state index contributed by atoms with van der Waals surface area (Å²) in [6.45, 7) is 15.6. The van der Waals surface area contributed by atoms with E-state index in [1.807, 2.05) is 0 Å². The van der Waals surface area contributed by atoms with Gasteiger partial charge < -0.3 is 4.43 Å². The lowest BCUT2D eigenvalue weighted by molar-refractivity contribution is -0.128. The molecule has 0 heterocycles. The van der Waals surface area contributed by atoms with Gasteiger partial charge in [0.2, 0.25) is 0 Å². The van der Waals surface area contributed by atoms with Gasteiger partial charge in [-0.05, 0) is 70.5 Å². The van der Waals surface area contributed by atoms with E-state index in [0.717, 1.165) is 25.7 Å². The molecule has 2 rings (SSSR count). The SMILES string of the molecule is C[C@@H](C/C=C\C(C)(C)O[Si](C)(C)C)C1=CCC2C(=O)CCC[C@]12C. The fourth-order valence-corrected chi connectivity index (χ4v) is 6.47. The van der Waals surface area contributed by atoms with Crippen LogP contribution in [0, 0.1) is 17.3 Å². The average Bonchev–Trinajstić information content (AvgIpc) is 2.74. The number of Topliss-reactive ketones (excluding diaryl/α,β-unsaturated/α-hetero) is 1. The first-order chi connectivity index (χ1) is 10.9. The van der Waals surface area contributed by atoms with Crippen molar-refractivity contribution in [1.82, 2.24) is 0 Å². The Morgan fingerprint density at radius 3 is 2.71 bits per heavy atom. The Morgan fingerprint density at radius 2 is 2.08 bits per heavy atom. The highest BCUT2D eigenvalue weighted by Crippen LogP contribution is 2.53. The van der Waals surface area contributed by atoms with Gasteiger partial charge in [0.05, 0.1) is 5.60 Å². The predicted octanol–water partition coefficient (Wildman–Crippen LogP) is 5.90. The Labute approximate surface area is 149 Å². The van der Waals surface area contributed by atoms with E-state index >= 15 is 0 Å². The molecule has 0 aliphatic heterocycles. The molecule has 1 saturated carbocycles. The van der Waals surface area contributed by atoms with E-state index in [1.54, 1.807) is 0 Å². The number of fused-ring (bicyclic) bond motifs is 1. The van der Waals surface area contributed by atoms with Crippen LogP contribution in [0.5, 0.6) is 0 Å². The predicted molar refractivity (Wildman–Crippen MR) is 105 cm³/mol. The lowest BCUT2D eigenvalue weighted by atomic mass is 9.63. The molecule has 1 unspecified atom stereocenters. The number of allylic oxidation sites excluding steroid dienone is 3. The smallest absolute Gasteiger partial charge is 0.184 e. The van der Waals surface area contributed by atoms with E-state index < -0.39 is 8.32 Å². The molecular weight excluding hydrogens is 312 g/mol. The minimum atomic E-state index is -1.54. The molecule has 2 nitrogen and oxygen atoms in total. The lowest BCUT2D eigenvalue weighted by Gasteiger charge is -2.40.